The molecule has 0 atom stereocenters. The number of fused-ring (bicyclic) bond motifs is 3. The van der Waals surface area contributed by atoms with Crippen LogP contribution in [0.25, 0.3) is 11.1 Å². The summed E-state index contributed by atoms with van der Waals surface area (Å²) >= 11 is 0. The van der Waals surface area contributed by atoms with Gasteiger partial charge in [0.25, 0.3) is 0 Å². The average Bonchev–Trinajstić information content (AvgIpc) is 2.87. The molecule has 0 amide bonds. The van der Waals surface area contributed by atoms with E-state index in [2.05, 4.69) is 12.1 Å². The van der Waals surface area contributed by atoms with E-state index in [9.17, 15) is 4.79 Å². The van der Waals surface area contributed by atoms with Crippen LogP contribution in [0, 0.1) is 0 Å². The number of esters is 1. The zero-order valence-corrected chi connectivity index (χ0v) is 12.8. The largest absolute Gasteiger partial charge is 0.444 e. The molecule has 0 aliphatic heterocycles. The van der Waals surface area contributed by atoms with Gasteiger partial charge in [0.1, 0.15) is 0 Å². The molecule has 1 aliphatic rings. The molecule has 3 aromatic carbocycles. The average molecular weight is 300 g/mol. The van der Waals surface area contributed by atoms with Crippen LogP contribution in [0.5, 0.6) is 0 Å². The first-order valence-electron chi connectivity index (χ1n) is 7.68. The molecular formula is C21H16O2. The standard InChI is InChI=1S/C21H16O2/c1-15(22)23-21(16-9-3-2-4-10-16)19-13-7-5-11-17(19)18-12-6-8-14-20(18)21/h2-14H,1H3. The molecule has 112 valence electrons. The van der Waals surface area contributed by atoms with E-state index in [1.54, 1.807) is 0 Å². The molecule has 0 spiro atoms. The maximum absolute atomic E-state index is 12.0. The lowest BCUT2D eigenvalue weighted by Gasteiger charge is -2.32. The highest BCUT2D eigenvalue weighted by Crippen LogP contribution is 2.53. The van der Waals surface area contributed by atoms with E-state index in [4.69, 9.17) is 4.74 Å². The molecule has 23 heavy (non-hydrogen) atoms. The van der Waals surface area contributed by atoms with E-state index in [1.807, 2.05) is 66.7 Å². The first-order chi connectivity index (χ1) is 11.2. The molecule has 3 aromatic rings. The topological polar surface area (TPSA) is 26.3 Å². The lowest BCUT2D eigenvalue weighted by Crippen LogP contribution is -2.32. The summed E-state index contributed by atoms with van der Waals surface area (Å²) in [5.41, 5.74) is 4.36. The molecule has 2 nitrogen and oxygen atoms in total. The Kier molecular flexibility index (Phi) is 3.05. The van der Waals surface area contributed by atoms with E-state index in [1.165, 1.54) is 6.92 Å². The van der Waals surface area contributed by atoms with Gasteiger partial charge < -0.3 is 4.74 Å². The predicted molar refractivity (Wildman–Crippen MR) is 90.0 cm³/mol. The molecular weight excluding hydrogens is 284 g/mol. The van der Waals surface area contributed by atoms with Crippen molar-refractivity contribution >= 4 is 5.97 Å². The van der Waals surface area contributed by atoms with Gasteiger partial charge in [0.2, 0.25) is 0 Å². The van der Waals surface area contributed by atoms with Crippen LogP contribution in [0.1, 0.15) is 23.6 Å². The Hall–Kier alpha value is -2.87. The number of carbonyl (C=O) groups is 1. The Morgan fingerprint density at radius 3 is 1.74 bits per heavy atom. The number of ether oxygens (including phenoxy) is 1. The lowest BCUT2D eigenvalue weighted by molar-refractivity contribution is -0.150. The highest BCUT2D eigenvalue weighted by atomic mass is 16.6. The highest BCUT2D eigenvalue weighted by Gasteiger charge is 2.47. The van der Waals surface area contributed by atoms with Crippen molar-refractivity contribution in [2.45, 2.75) is 12.5 Å². The van der Waals surface area contributed by atoms with Crippen molar-refractivity contribution in [1.29, 1.82) is 0 Å². The maximum Gasteiger partial charge on any atom is 0.304 e. The van der Waals surface area contributed by atoms with Gasteiger partial charge in [0.15, 0.2) is 5.60 Å². The van der Waals surface area contributed by atoms with E-state index in [0.717, 1.165) is 27.8 Å². The van der Waals surface area contributed by atoms with E-state index in [-0.39, 0.29) is 5.97 Å². The first-order valence-corrected chi connectivity index (χ1v) is 7.68. The minimum atomic E-state index is -0.875. The number of hydrogen-bond donors (Lipinski definition) is 0. The van der Waals surface area contributed by atoms with Crippen LogP contribution in [0.2, 0.25) is 0 Å². The van der Waals surface area contributed by atoms with Crippen LogP contribution >= 0.6 is 0 Å². The second-order valence-electron chi connectivity index (χ2n) is 5.73. The van der Waals surface area contributed by atoms with E-state index >= 15 is 0 Å². The van der Waals surface area contributed by atoms with E-state index < -0.39 is 5.60 Å². The Morgan fingerprint density at radius 1 is 0.739 bits per heavy atom. The summed E-state index contributed by atoms with van der Waals surface area (Å²) in [4.78, 5) is 12.0. The van der Waals surface area contributed by atoms with Crippen molar-refractivity contribution in [3.63, 3.8) is 0 Å². The monoisotopic (exact) mass is 300 g/mol. The molecule has 0 N–H and O–H groups in total. The van der Waals surface area contributed by atoms with Crippen molar-refractivity contribution in [3.8, 4) is 11.1 Å². The minimum absolute atomic E-state index is 0.291. The molecule has 0 unspecified atom stereocenters. The summed E-state index contributed by atoms with van der Waals surface area (Å²) in [6.45, 7) is 1.47. The molecule has 0 aromatic heterocycles. The van der Waals surface area contributed by atoms with E-state index in [0.29, 0.717) is 0 Å². The van der Waals surface area contributed by atoms with Gasteiger partial charge in [-0.1, -0.05) is 78.9 Å². The Morgan fingerprint density at radius 2 is 1.22 bits per heavy atom. The third-order valence-corrected chi connectivity index (χ3v) is 4.38. The third kappa shape index (κ3) is 1.92. The summed E-state index contributed by atoms with van der Waals surface area (Å²) in [6.07, 6.45) is 0. The van der Waals surface area contributed by atoms with Gasteiger partial charge in [0, 0.05) is 23.6 Å². The fourth-order valence-electron chi connectivity index (χ4n) is 3.56. The summed E-state index contributed by atoms with van der Waals surface area (Å²) < 4.78 is 6.00. The normalized spacial score (nSPS) is 14.0. The Balaban J connectivity index is 2.12. The molecule has 0 heterocycles. The molecule has 0 bridgehead atoms. The molecule has 4 rings (SSSR count). The Labute approximate surface area is 135 Å². The second kappa shape index (κ2) is 5.10. The third-order valence-electron chi connectivity index (χ3n) is 4.38. The molecule has 0 saturated carbocycles. The number of rotatable bonds is 2. The van der Waals surface area contributed by atoms with Crippen LogP contribution < -0.4 is 0 Å². The van der Waals surface area contributed by atoms with Crippen molar-refractivity contribution in [2.75, 3.05) is 0 Å². The molecule has 2 heteroatoms. The van der Waals surface area contributed by atoms with Gasteiger partial charge in [-0.25, -0.2) is 0 Å². The zero-order chi connectivity index (χ0) is 15.9. The number of carbonyl (C=O) groups excluding carboxylic acids is 1. The smallest absolute Gasteiger partial charge is 0.304 e. The quantitative estimate of drug-likeness (QED) is 0.650. The molecule has 1 aliphatic carbocycles. The number of hydrogen-bond acceptors (Lipinski definition) is 2. The molecule has 0 radical (unpaired) electrons. The van der Waals surface area contributed by atoms with Crippen molar-refractivity contribution in [1.82, 2.24) is 0 Å². The van der Waals surface area contributed by atoms with Crippen molar-refractivity contribution in [3.05, 3.63) is 95.6 Å². The van der Waals surface area contributed by atoms with Crippen LogP contribution in [-0.2, 0) is 15.1 Å². The van der Waals surface area contributed by atoms with Crippen molar-refractivity contribution < 1.29 is 9.53 Å². The van der Waals surface area contributed by atoms with Crippen molar-refractivity contribution in [2.24, 2.45) is 0 Å². The minimum Gasteiger partial charge on any atom is -0.444 e. The molecule has 0 fully saturated rings. The summed E-state index contributed by atoms with van der Waals surface area (Å²) in [7, 11) is 0. The highest BCUT2D eigenvalue weighted by molar-refractivity contribution is 5.84. The summed E-state index contributed by atoms with van der Waals surface area (Å²) in [6, 6.07) is 26.2. The fourth-order valence-corrected chi connectivity index (χ4v) is 3.56. The zero-order valence-electron chi connectivity index (χ0n) is 12.8. The summed E-state index contributed by atoms with van der Waals surface area (Å²) in [5.74, 6) is -0.291. The molecule has 0 saturated heterocycles. The lowest BCUT2D eigenvalue weighted by atomic mass is 9.84. The number of benzene rings is 3. The predicted octanol–water partition coefficient (Wildman–Crippen LogP) is 4.52. The van der Waals surface area contributed by atoms with Crippen LogP contribution in [0.4, 0.5) is 0 Å². The fraction of sp³-hybridized carbons (Fsp3) is 0.0952. The van der Waals surface area contributed by atoms with Gasteiger partial charge in [-0.2, -0.15) is 0 Å². The van der Waals surface area contributed by atoms with Crippen LogP contribution in [0.3, 0.4) is 0 Å². The summed E-state index contributed by atoms with van der Waals surface area (Å²) in [5, 5.41) is 0. The van der Waals surface area contributed by atoms with Crippen LogP contribution in [0.15, 0.2) is 78.9 Å². The SMILES string of the molecule is CC(=O)OC1(c2ccccc2)c2ccccc2-c2ccccc21. The van der Waals surface area contributed by atoms with Gasteiger partial charge >= 0.3 is 5.97 Å². The van der Waals surface area contributed by atoms with Gasteiger partial charge in [-0.05, 0) is 11.1 Å². The second-order valence-corrected chi connectivity index (χ2v) is 5.73. The van der Waals surface area contributed by atoms with Gasteiger partial charge in [0.05, 0.1) is 0 Å². The van der Waals surface area contributed by atoms with Crippen LogP contribution in [-0.4, -0.2) is 5.97 Å². The van der Waals surface area contributed by atoms with Gasteiger partial charge in [-0.3, -0.25) is 4.79 Å². The maximum atomic E-state index is 12.0. The first kappa shape index (κ1) is 13.8. The van der Waals surface area contributed by atoms with Gasteiger partial charge in [-0.15, -0.1) is 0 Å². The Bertz CT molecular complexity index is 836.